The van der Waals surface area contributed by atoms with Gasteiger partial charge in [0.2, 0.25) is 0 Å². The van der Waals surface area contributed by atoms with E-state index in [-0.39, 0.29) is 0 Å². The van der Waals surface area contributed by atoms with Crippen LogP contribution in [-0.4, -0.2) is 30.0 Å². The Morgan fingerprint density at radius 2 is 2.08 bits per heavy atom. The fourth-order valence-corrected chi connectivity index (χ4v) is 3.11. The second-order valence-electron chi connectivity index (χ2n) is 5.61. The predicted molar refractivity (Wildman–Crippen MR) is 99.1 cm³/mol. The number of pyridine rings is 1. The normalized spacial score (nSPS) is 13.6. The van der Waals surface area contributed by atoms with E-state index in [9.17, 15) is 5.02 Å². The van der Waals surface area contributed by atoms with Gasteiger partial charge in [0.25, 0.3) is 0 Å². The zero-order valence-corrected chi connectivity index (χ0v) is 14.7. The lowest BCUT2D eigenvalue weighted by Crippen LogP contribution is -2.08. The van der Waals surface area contributed by atoms with Crippen molar-refractivity contribution < 1.29 is 14.4 Å². The van der Waals surface area contributed by atoms with E-state index in [4.69, 9.17) is 9.39 Å². The number of benzene rings is 1. The molecule has 2 heterocycles. The minimum Gasteiger partial charge on any atom is -0.542 e. The van der Waals surface area contributed by atoms with Crippen LogP contribution in [0.15, 0.2) is 47.8 Å². The summed E-state index contributed by atoms with van der Waals surface area (Å²) >= 11 is 1.68. The number of ether oxygens (including phenoxy) is 1. The van der Waals surface area contributed by atoms with Crippen molar-refractivity contribution in [1.29, 1.82) is 0 Å². The molecule has 4 nitrogen and oxygen atoms in total. The van der Waals surface area contributed by atoms with Gasteiger partial charge < -0.3 is 14.4 Å². The van der Waals surface area contributed by atoms with Crippen LogP contribution < -0.4 is 4.74 Å². The maximum absolute atomic E-state index is 9.51. The molecule has 0 atom stereocenters. The highest BCUT2D eigenvalue weighted by Gasteiger charge is 2.24. The van der Waals surface area contributed by atoms with Crippen molar-refractivity contribution in [3.8, 4) is 16.9 Å². The third-order valence-corrected chi connectivity index (χ3v) is 4.61. The molecule has 1 aromatic heterocycles. The summed E-state index contributed by atoms with van der Waals surface area (Å²) in [7, 11) is -0.751. The van der Waals surface area contributed by atoms with Crippen LogP contribution in [0.25, 0.3) is 16.7 Å². The topological polar surface area (TPSA) is 51.6 Å². The standard InChI is InChI=1S/C18H20BNO3S/c1-3-6-22-17-8-13(4-5-18(17)24-2)14-7-15(11-20-10-14)16-9-19(21)23-12-16/h4-5,7-8,10-12,21H,3,6,9H2,1-2H3. The maximum Gasteiger partial charge on any atom is 0.526 e. The Morgan fingerprint density at radius 3 is 2.79 bits per heavy atom. The fraction of sp³-hybridized carbons (Fsp3) is 0.278. The average molecular weight is 341 g/mol. The Morgan fingerprint density at radius 1 is 1.25 bits per heavy atom. The highest BCUT2D eigenvalue weighted by molar-refractivity contribution is 7.98. The van der Waals surface area contributed by atoms with E-state index in [1.807, 2.05) is 12.5 Å². The SMILES string of the molecule is CCCOc1cc(-c2cncc(C3=COB(O)C3)c2)ccc1SC. The number of hydrogen-bond donors (Lipinski definition) is 1. The minimum atomic E-state index is -0.751. The van der Waals surface area contributed by atoms with Gasteiger partial charge in [-0.3, -0.25) is 4.98 Å². The van der Waals surface area contributed by atoms with Crippen LogP contribution in [0.3, 0.4) is 0 Å². The summed E-state index contributed by atoms with van der Waals surface area (Å²) in [6.45, 7) is 2.80. The lowest BCUT2D eigenvalue weighted by molar-refractivity contribution is 0.310. The van der Waals surface area contributed by atoms with Gasteiger partial charge in [-0.2, -0.15) is 0 Å². The largest absolute Gasteiger partial charge is 0.542 e. The molecule has 3 rings (SSSR count). The van der Waals surface area contributed by atoms with Gasteiger partial charge in [0.15, 0.2) is 0 Å². The third kappa shape index (κ3) is 3.76. The van der Waals surface area contributed by atoms with Crippen molar-refractivity contribution in [2.75, 3.05) is 12.9 Å². The second-order valence-corrected chi connectivity index (χ2v) is 6.46. The molecule has 0 saturated heterocycles. The van der Waals surface area contributed by atoms with Crippen LogP contribution in [0.5, 0.6) is 5.75 Å². The highest BCUT2D eigenvalue weighted by Crippen LogP contribution is 2.34. The summed E-state index contributed by atoms with van der Waals surface area (Å²) in [4.78, 5) is 5.47. The van der Waals surface area contributed by atoms with E-state index in [0.717, 1.165) is 39.3 Å². The van der Waals surface area contributed by atoms with Crippen LogP contribution in [0.1, 0.15) is 18.9 Å². The Kier molecular flexibility index (Phi) is 5.48. The minimum absolute atomic E-state index is 0.488. The number of aromatic nitrogens is 1. The van der Waals surface area contributed by atoms with Crippen LogP contribution in [0, 0.1) is 0 Å². The summed E-state index contributed by atoms with van der Waals surface area (Å²) in [5.41, 5.74) is 4.01. The Balaban J connectivity index is 1.91. The highest BCUT2D eigenvalue weighted by atomic mass is 32.2. The van der Waals surface area contributed by atoms with Crippen molar-refractivity contribution in [3.05, 3.63) is 48.5 Å². The third-order valence-electron chi connectivity index (χ3n) is 3.83. The number of thioether (sulfide) groups is 1. The van der Waals surface area contributed by atoms with Gasteiger partial charge in [0, 0.05) is 29.2 Å². The summed E-state index contributed by atoms with van der Waals surface area (Å²) < 4.78 is 11.0. The zero-order chi connectivity index (χ0) is 16.9. The first-order valence-electron chi connectivity index (χ1n) is 8.00. The maximum atomic E-state index is 9.51. The molecule has 0 amide bonds. The first-order valence-corrected chi connectivity index (χ1v) is 9.23. The van der Waals surface area contributed by atoms with Gasteiger partial charge in [-0.1, -0.05) is 13.0 Å². The molecule has 0 bridgehead atoms. The van der Waals surface area contributed by atoms with Crippen LogP contribution in [-0.2, 0) is 4.65 Å². The van der Waals surface area contributed by atoms with Gasteiger partial charge in [0.1, 0.15) is 5.75 Å². The van der Waals surface area contributed by atoms with E-state index >= 15 is 0 Å². The predicted octanol–water partition coefficient (Wildman–Crippen LogP) is 4.11. The first kappa shape index (κ1) is 16.9. The molecule has 0 fully saturated rings. The molecule has 1 N–H and O–H groups in total. The molecular formula is C18H20BNO3S. The molecule has 1 aliphatic heterocycles. The van der Waals surface area contributed by atoms with Crippen molar-refractivity contribution in [3.63, 3.8) is 0 Å². The Bertz CT molecular complexity index is 751. The smallest absolute Gasteiger partial charge is 0.526 e. The molecule has 0 aliphatic carbocycles. The van der Waals surface area contributed by atoms with Gasteiger partial charge >= 0.3 is 7.12 Å². The van der Waals surface area contributed by atoms with Crippen molar-refractivity contribution in [2.24, 2.45) is 0 Å². The lowest BCUT2D eigenvalue weighted by Gasteiger charge is -2.12. The van der Waals surface area contributed by atoms with Crippen molar-refractivity contribution in [1.82, 2.24) is 4.98 Å². The molecule has 1 aromatic carbocycles. The van der Waals surface area contributed by atoms with E-state index in [1.165, 1.54) is 0 Å². The van der Waals surface area contributed by atoms with Crippen molar-refractivity contribution >= 4 is 24.5 Å². The monoisotopic (exact) mass is 341 g/mol. The summed E-state index contributed by atoms with van der Waals surface area (Å²) in [6, 6.07) is 8.30. The molecule has 0 spiro atoms. The average Bonchev–Trinajstić information content (AvgIpc) is 3.06. The van der Waals surface area contributed by atoms with Gasteiger partial charge in [-0.05, 0) is 47.6 Å². The molecular weight excluding hydrogens is 321 g/mol. The summed E-state index contributed by atoms with van der Waals surface area (Å²) in [6.07, 6.45) is 8.76. The van der Waals surface area contributed by atoms with E-state index in [1.54, 1.807) is 24.2 Å². The van der Waals surface area contributed by atoms with Crippen LogP contribution >= 0.6 is 11.8 Å². The second kappa shape index (κ2) is 7.77. The molecule has 1 aliphatic rings. The van der Waals surface area contributed by atoms with Gasteiger partial charge in [0.05, 0.1) is 12.9 Å². The zero-order valence-electron chi connectivity index (χ0n) is 13.9. The number of allylic oxidation sites excluding steroid dienone is 1. The van der Waals surface area contributed by atoms with Gasteiger partial charge in [-0.15, -0.1) is 11.8 Å². The molecule has 24 heavy (non-hydrogen) atoms. The van der Waals surface area contributed by atoms with E-state index in [0.29, 0.717) is 12.9 Å². The van der Waals surface area contributed by atoms with E-state index < -0.39 is 7.12 Å². The molecule has 2 aromatic rings. The van der Waals surface area contributed by atoms with Gasteiger partial charge in [-0.25, -0.2) is 0 Å². The summed E-state index contributed by atoms with van der Waals surface area (Å²) in [5, 5.41) is 9.51. The molecule has 0 unspecified atom stereocenters. The van der Waals surface area contributed by atoms with E-state index in [2.05, 4.69) is 36.2 Å². The van der Waals surface area contributed by atoms with Crippen LogP contribution in [0.4, 0.5) is 0 Å². The molecule has 0 saturated carbocycles. The van der Waals surface area contributed by atoms with Crippen molar-refractivity contribution in [2.45, 2.75) is 24.6 Å². The Labute approximate surface area is 147 Å². The molecule has 0 radical (unpaired) electrons. The number of hydrogen-bond acceptors (Lipinski definition) is 5. The number of nitrogens with zero attached hydrogens (tertiary/aromatic N) is 1. The number of rotatable bonds is 6. The molecule has 124 valence electrons. The lowest BCUT2D eigenvalue weighted by atomic mass is 9.82. The van der Waals surface area contributed by atoms with Crippen LogP contribution in [0.2, 0.25) is 6.32 Å². The fourth-order valence-electron chi connectivity index (χ4n) is 2.59. The quantitative estimate of drug-likeness (QED) is 0.633. The first-order chi connectivity index (χ1) is 11.7. The summed E-state index contributed by atoms with van der Waals surface area (Å²) in [5.74, 6) is 0.908. The Hall–Kier alpha value is -1.92. The molecule has 6 heteroatoms.